The summed E-state index contributed by atoms with van der Waals surface area (Å²) in [6.45, 7) is 1.38. The number of nitrogens with two attached hydrogens (primary N) is 2. The molecular weight excluding hydrogens is 530 g/mol. The van der Waals surface area contributed by atoms with E-state index in [2.05, 4.69) is 40.6 Å². The van der Waals surface area contributed by atoms with Gasteiger partial charge in [0.05, 0.1) is 12.6 Å². The number of anilines is 2. The highest BCUT2D eigenvalue weighted by molar-refractivity contribution is 6.19. The maximum atomic E-state index is 12.4. The summed E-state index contributed by atoms with van der Waals surface area (Å²) in [5, 5.41) is 8.68. The van der Waals surface area contributed by atoms with Gasteiger partial charge < -0.3 is 26.4 Å². The smallest absolute Gasteiger partial charge is 0.308 e. The molecule has 3 aromatic rings. The summed E-state index contributed by atoms with van der Waals surface area (Å²) in [6.07, 6.45) is 3.66. The lowest BCUT2D eigenvalue weighted by Crippen LogP contribution is -2.27. The zero-order chi connectivity index (χ0) is 28.2. The van der Waals surface area contributed by atoms with Crippen LogP contribution in [-0.2, 0) is 20.9 Å². The number of aromatic nitrogens is 4. The third-order valence-electron chi connectivity index (χ3n) is 5.39. The SMILES string of the molecule is Nc1nc2ncc(NCc3ccc(C(=O)NCCCCCNC(=O)CCC(=O)O[C@H](N)Cl)cc3)nc2c(=O)[nH]1. The normalized spacial score (nSPS) is 11.5. The number of fused-ring (bicyclic) bond motifs is 1. The Morgan fingerprint density at radius 2 is 1.74 bits per heavy atom. The first-order chi connectivity index (χ1) is 18.7. The second-order valence-electron chi connectivity index (χ2n) is 8.44. The Hall–Kier alpha value is -4.30. The van der Waals surface area contributed by atoms with Crippen LogP contribution in [0.25, 0.3) is 11.2 Å². The molecule has 0 saturated carbocycles. The molecule has 208 valence electrons. The van der Waals surface area contributed by atoms with Crippen LogP contribution in [0.5, 0.6) is 0 Å². The molecule has 0 spiro atoms. The number of esters is 1. The van der Waals surface area contributed by atoms with Crippen molar-refractivity contribution in [3.8, 4) is 0 Å². The average Bonchev–Trinajstić information content (AvgIpc) is 2.90. The molecule has 0 bridgehead atoms. The highest BCUT2D eigenvalue weighted by Gasteiger charge is 2.10. The van der Waals surface area contributed by atoms with Crippen LogP contribution in [0.15, 0.2) is 35.3 Å². The molecule has 2 amide bonds. The summed E-state index contributed by atoms with van der Waals surface area (Å²) >= 11 is 5.33. The number of benzene rings is 1. The van der Waals surface area contributed by atoms with Gasteiger partial charge >= 0.3 is 5.97 Å². The van der Waals surface area contributed by atoms with Crippen LogP contribution >= 0.6 is 11.6 Å². The summed E-state index contributed by atoms with van der Waals surface area (Å²) in [6, 6.07) is 7.08. The Balaban J connectivity index is 1.31. The quantitative estimate of drug-likeness (QED) is 0.0531. The minimum Gasteiger partial charge on any atom is -0.432 e. The molecule has 3 rings (SSSR count). The predicted molar refractivity (Wildman–Crippen MR) is 144 cm³/mol. The number of H-pyrrole nitrogens is 1. The van der Waals surface area contributed by atoms with E-state index >= 15 is 0 Å². The van der Waals surface area contributed by atoms with Crippen molar-refractivity contribution in [3.05, 3.63) is 51.9 Å². The van der Waals surface area contributed by atoms with Gasteiger partial charge in [-0.2, -0.15) is 4.98 Å². The van der Waals surface area contributed by atoms with Crippen LogP contribution in [0.2, 0.25) is 0 Å². The Morgan fingerprint density at radius 3 is 2.46 bits per heavy atom. The fourth-order valence-corrected chi connectivity index (χ4v) is 3.53. The van der Waals surface area contributed by atoms with Gasteiger partial charge in [0, 0.05) is 31.6 Å². The van der Waals surface area contributed by atoms with Crippen LogP contribution in [0, 0.1) is 0 Å². The van der Waals surface area contributed by atoms with Crippen molar-refractivity contribution in [2.24, 2.45) is 5.73 Å². The third kappa shape index (κ3) is 9.83. The largest absolute Gasteiger partial charge is 0.432 e. The number of halogens is 1. The van der Waals surface area contributed by atoms with E-state index in [9.17, 15) is 19.2 Å². The standard InChI is InChI=1S/C24H30ClN9O5/c25-23(26)39-18(36)9-8-17(35)28-10-2-1-3-11-29-21(37)15-6-4-14(5-7-15)12-30-16-13-31-20-19(32-16)22(38)34-24(27)33-20/h4-7,13,23H,1-3,8-12,26H2,(H,28,35)(H,29,37)(H,30,32)(H3,27,31,33,34,38)/t23-/m0/s1. The molecule has 15 heteroatoms. The number of ether oxygens (including phenoxy) is 1. The van der Waals surface area contributed by atoms with Crippen LogP contribution in [0.1, 0.15) is 48.0 Å². The molecule has 0 aliphatic heterocycles. The number of rotatable bonds is 14. The van der Waals surface area contributed by atoms with E-state index in [1.165, 1.54) is 6.20 Å². The van der Waals surface area contributed by atoms with Crippen molar-refractivity contribution >= 4 is 52.3 Å². The van der Waals surface area contributed by atoms with Crippen molar-refractivity contribution in [3.63, 3.8) is 0 Å². The molecule has 0 radical (unpaired) electrons. The molecule has 1 atom stereocenters. The lowest BCUT2D eigenvalue weighted by atomic mass is 10.1. The van der Waals surface area contributed by atoms with E-state index in [1.54, 1.807) is 12.1 Å². The van der Waals surface area contributed by atoms with Gasteiger partial charge in [0.2, 0.25) is 17.5 Å². The van der Waals surface area contributed by atoms with Crippen LogP contribution in [-0.4, -0.2) is 56.5 Å². The number of carbonyl (C=O) groups excluding carboxylic acids is 3. The molecule has 2 heterocycles. The molecule has 2 aromatic heterocycles. The number of alkyl halides is 1. The van der Waals surface area contributed by atoms with Gasteiger partial charge in [-0.15, -0.1) is 0 Å². The Kier molecular flexibility index (Phi) is 10.9. The Bertz CT molecular complexity index is 1350. The maximum Gasteiger partial charge on any atom is 0.308 e. The highest BCUT2D eigenvalue weighted by atomic mass is 35.5. The first-order valence-corrected chi connectivity index (χ1v) is 12.6. The van der Waals surface area contributed by atoms with Crippen LogP contribution < -0.4 is 33.0 Å². The molecule has 0 fully saturated rings. The van der Waals surface area contributed by atoms with Crippen molar-refractivity contribution in [1.82, 2.24) is 30.6 Å². The number of amides is 2. The molecular formula is C24H30ClN9O5. The first-order valence-electron chi connectivity index (χ1n) is 12.2. The predicted octanol–water partition coefficient (Wildman–Crippen LogP) is 0.728. The van der Waals surface area contributed by atoms with E-state index < -0.39 is 17.2 Å². The lowest BCUT2D eigenvalue weighted by molar-refractivity contribution is -0.146. The van der Waals surface area contributed by atoms with E-state index in [0.29, 0.717) is 31.0 Å². The van der Waals surface area contributed by atoms with Gasteiger partial charge in [-0.05, 0) is 37.0 Å². The summed E-state index contributed by atoms with van der Waals surface area (Å²) in [4.78, 5) is 62.0. The van der Waals surface area contributed by atoms with E-state index in [-0.39, 0.29) is 41.8 Å². The van der Waals surface area contributed by atoms with Crippen LogP contribution in [0.3, 0.4) is 0 Å². The molecule has 0 aliphatic rings. The highest BCUT2D eigenvalue weighted by Crippen LogP contribution is 2.10. The lowest BCUT2D eigenvalue weighted by Gasteiger charge is -2.09. The molecule has 8 N–H and O–H groups in total. The molecule has 0 unspecified atom stereocenters. The summed E-state index contributed by atoms with van der Waals surface area (Å²) < 4.78 is 4.54. The van der Waals surface area contributed by atoms with Crippen molar-refractivity contribution in [2.45, 2.75) is 44.3 Å². The van der Waals surface area contributed by atoms with Gasteiger partial charge in [0.1, 0.15) is 5.82 Å². The molecule has 0 saturated heterocycles. The number of aromatic amines is 1. The first kappa shape index (κ1) is 29.3. The van der Waals surface area contributed by atoms with E-state index in [0.717, 1.165) is 24.8 Å². The summed E-state index contributed by atoms with van der Waals surface area (Å²) in [5.74, 6) is -0.698. The maximum absolute atomic E-state index is 12.4. The number of carbonyl (C=O) groups is 3. The molecule has 1 aromatic carbocycles. The number of unbranched alkanes of at least 4 members (excludes halogenated alkanes) is 2. The fourth-order valence-electron chi connectivity index (χ4n) is 3.43. The number of nitrogens with zero attached hydrogens (tertiary/aromatic N) is 3. The zero-order valence-corrected chi connectivity index (χ0v) is 21.8. The second kappa shape index (κ2) is 14.6. The van der Waals surface area contributed by atoms with Gasteiger partial charge in [0.15, 0.2) is 11.2 Å². The van der Waals surface area contributed by atoms with Gasteiger partial charge in [-0.1, -0.05) is 23.7 Å². The van der Waals surface area contributed by atoms with Gasteiger partial charge in [-0.3, -0.25) is 29.9 Å². The van der Waals surface area contributed by atoms with Gasteiger partial charge in [-0.25, -0.2) is 9.97 Å². The van der Waals surface area contributed by atoms with Crippen molar-refractivity contribution in [2.75, 3.05) is 24.1 Å². The number of hydrogen-bond acceptors (Lipinski definition) is 11. The van der Waals surface area contributed by atoms with E-state index in [4.69, 9.17) is 23.1 Å². The van der Waals surface area contributed by atoms with E-state index in [1.807, 2.05) is 12.1 Å². The minimum absolute atomic E-state index is 0.000339. The number of nitrogen functional groups attached to an aromatic ring is 1. The van der Waals surface area contributed by atoms with Gasteiger partial charge in [0.25, 0.3) is 11.5 Å². The van der Waals surface area contributed by atoms with Crippen molar-refractivity contribution < 1.29 is 19.1 Å². The summed E-state index contributed by atoms with van der Waals surface area (Å²) in [7, 11) is 0. The third-order valence-corrected chi connectivity index (χ3v) is 5.48. The Labute approximate surface area is 228 Å². The van der Waals surface area contributed by atoms with Crippen LogP contribution in [0.4, 0.5) is 11.8 Å². The average molecular weight is 560 g/mol. The monoisotopic (exact) mass is 559 g/mol. The summed E-state index contributed by atoms with van der Waals surface area (Å²) in [5.41, 5.74) is 10.6. The topological polar surface area (TPSA) is 220 Å². The second-order valence-corrected chi connectivity index (χ2v) is 8.87. The van der Waals surface area contributed by atoms with Crippen molar-refractivity contribution in [1.29, 1.82) is 0 Å². The molecule has 0 aliphatic carbocycles. The Morgan fingerprint density at radius 1 is 1.03 bits per heavy atom. The molecule has 14 nitrogen and oxygen atoms in total. The zero-order valence-electron chi connectivity index (χ0n) is 21.0. The minimum atomic E-state index is -1.21. The number of nitrogens with one attached hydrogen (secondary N) is 4. The number of hydrogen-bond donors (Lipinski definition) is 6. The molecule has 39 heavy (non-hydrogen) atoms. The fraction of sp³-hybridized carbons (Fsp3) is 0.375.